The van der Waals surface area contributed by atoms with E-state index in [1.165, 1.54) is 13.8 Å². The molecule has 0 radical (unpaired) electrons. The molecule has 0 fully saturated rings. The smallest absolute Gasteiger partial charge is 0.303 e. The summed E-state index contributed by atoms with van der Waals surface area (Å²) in [6.07, 6.45) is 1.61. The number of esters is 2. The van der Waals surface area contributed by atoms with Gasteiger partial charge in [0, 0.05) is 18.7 Å². The summed E-state index contributed by atoms with van der Waals surface area (Å²) < 4.78 is 21.4. The first kappa shape index (κ1) is 16.7. The Balaban J connectivity index is 1.93. The first-order chi connectivity index (χ1) is 10.5. The number of carbonyl (C=O) groups is 2. The molecule has 0 aliphatic carbocycles. The SMILES string of the molecule is CC(=O)OC[C@H]1O[C@H](OCc2cccs2)C=C[C@@H]1OC(C)=O. The molecule has 6 nitrogen and oxygen atoms in total. The summed E-state index contributed by atoms with van der Waals surface area (Å²) in [6.45, 7) is 3.04. The molecule has 2 rings (SSSR count). The Hall–Kier alpha value is -1.70. The molecule has 0 saturated carbocycles. The molecule has 0 spiro atoms. The third-order valence-electron chi connectivity index (χ3n) is 2.86. The molecule has 0 saturated heterocycles. The van der Waals surface area contributed by atoms with Crippen molar-refractivity contribution >= 4 is 23.3 Å². The van der Waals surface area contributed by atoms with Gasteiger partial charge in [-0.3, -0.25) is 9.59 Å². The number of carbonyl (C=O) groups excluding carboxylic acids is 2. The van der Waals surface area contributed by atoms with E-state index in [0.717, 1.165) is 4.88 Å². The van der Waals surface area contributed by atoms with Crippen LogP contribution in [0.3, 0.4) is 0 Å². The van der Waals surface area contributed by atoms with Crippen molar-refractivity contribution < 1.29 is 28.5 Å². The highest BCUT2D eigenvalue weighted by atomic mass is 32.1. The van der Waals surface area contributed by atoms with Crippen LogP contribution in [0.15, 0.2) is 29.7 Å². The van der Waals surface area contributed by atoms with Gasteiger partial charge in [-0.1, -0.05) is 6.07 Å². The minimum absolute atomic E-state index is 0.00349. The maximum atomic E-state index is 11.1. The van der Waals surface area contributed by atoms with E-state index in [2.05, 4.69) is 0 Å². The molecule has 0 bridgehead atoms. The zero-order valence-electron chi connectivity index (χ0n) is 12.4. The molecule has 1 aromatic rings. The van der Waals surface area contributed by atoms with Crippen LogP contribution in [0, 0.1) is 0 Å². The molecule has 0 unspecified atom stereocenters. The molecule has 1 aromatic heterocycles. The Bertz CT molecular complexity index is 524. The van der Waals surface area contributed by atoms with Gasteiger partial charge in [0.25, 0.3) is 0 Å². The van der Waals surface area contributed by atoms with Crippen molar-refractivity contribution in [2.75, 3.05) is 6.61 Å². The van der Waals surface area contributed by atoms with Crippen LogP contribution in [0.25, 0.3) is 0 Å². The van der Waals surface area contributed by atoms with Crippen LogP contribution in [-0.2, 0) is 35.1 Å². The largest absolute Gasteiger partial charge is 0.463 e. The van der Waals surface area contributed by atoms with Crippen LogP contribution in [0.4, 0.5) is 0 Å². The number of hydrogen-bond donors (Lipinski definition) is 0. The zero-order chi connectivity index (χ0) is 15.9. The lowest BCUT2D eigenvalue weighted by Crippen LogP contribution is -2.42. The highest BCUT2D eigenvalue weighted by Gasteiger charge is 2.31. The lowest BCUT2D eigenvalue weighted by molar-refractivity contribution is -0.199. The van der Waals surface area contributed by atoms with Gasteiger partial charge in [-0.2, -0.15) is 0 Å². The van der Waals surface area contributed by atoms with Crippen LogP contribution in [-0.4, -0.2) is 37.0 Å². The van der Waals surface area contributed by atoms with Crippen LogP contribution >= 0.6 is 11.3 Å². The monoisotopic (exact) mass is 326 g/mol. The van der Waals surface area contributed by atoms with Crippen molar-refractivity contribution in [3.05, 3.63) is 34.5 Å². The Kier molecular flexibility index (Phi) is 6.11. The van der Waals surface area contributed by atoms with Crippen molar-refractivity contribution in [3.63, 3.8) is 0 Å². The predicted octanol–water partition coefficient (Wildman–Crippen LogP) is 2.04. The second-order valence-corrected chi connectivity index (χ2v) is 5.73. The van der Waals surface area contributed by atoms with Gasteiger partial charge in [0.15, 0.2) is 6.29 Å². The molecular weight excluding hydrogens is 308 g/mol. The molecule has 120 valence electrons. The second-order valence-electron chi connectivity index (χ2n) is 4.69. The van der Waals surface area contributed by atoms with Crippen LogP contribution < -0.4 is 0 Å². The Morgan fingerprint density at radius 2 is 2.09 bits per heavy atom. The number of rotatable bonds is 6. The van der Waals surface area contributed by atoms with Crippen LogP contribution in [0.5, 0.6) is 0 Å². The van der Waals surface area contributed by atoms with Crippen LogP contribution in [0.1, 0.15) is 18.7 Å². The maximum Gasteiger partial charge on any atom is 0.303 e. The van der Waals surface area contributed by atoms with Gasteiger partial charge in [-0.15, -0.1) is 11.3 Å². The first-order valence-electron chi connectivity index (χ1n) is 6.83. The summed E-state index contributed by atoms with van der Waals surface area (Å²) in [7, 11) is 0. The van der Waals surface area contributed by atoms with Gasteiger partial charge in [0.05, 0.1) is 6.61 Å². The fourth-order valence-electron chi connectivity index (χ4n) is 1.91. The lowest BCUT2D eigenvalue weighted by atomic mass is 10.1. The minimum atomic E-state index is -0.599. The summed E-state index contributed by atoms with van der Waals surface area (Å²) >= 11 is 1.59. The summed E-state index contributed by atoms with van der Waals surface area (Å²) in [5.41, 5.74) is 0. The maximum absolute atomic E-state index is 11.1. The van der Waals surface area contributed by atoms with E-state index >= 15 is 0 Å². The van der Waals surface area contributed by atoms with E-state index < -0.39 is 30.4 Å². The molecular formula is C15H18O6S. The topological polar surface area (TPSA) is 71.1 Å². The molecule has 1 aliphatic heterocycles. The van der Waals surface area contributed by atoms with E-state index in [4.69, 9.17) is 18.9 Å². The molecule has 0 aromatic carbocycles. The second kappa shape index (κ2) is 8.07. The van der Waals surface area contributed by atoms with Gasteiger partial charge in [0.2, 0.25) is 0 Å². The van der Waals surface area contributed by atoms with Gasteiger partial charge in [-0.05, 0) is 23.6 Å². The summed E-state index contributed by atoms with van der Waals surface area (Å²) in [6, 6.07) is 3.91. The zero-order valence-corrected chi connectivity index (χ0v) is 13.2. The standard InChI is InChI=1S/C15H18O6S/c1-10(16)18-9-14-13(20-11(2)17)5-6-15(21-14)19-8-12-4-3-7-22-12/h3-7,13-15H,8-9H2,1-2H3/t13-,14+,15-/m0/s1. The number of thiophene rings is 1. The van der Waals surface area contributed by atoms with Crippen molar-refractivity contribution in [2.45, 2.75) is 39.0 Å². The third-order valence-corrected chi connectivity index (χ3v) is 3.71. The fourth-order valence-corrected chi connectivity index (χ4v) is 2.54. The van der Waals surface area contributed by atoms with E-state index in [0.29, 0.717) is 6.61 Å². The summed E-state index contributed by atoms with van der Waals surface area (Å²) in [5, 5.41) is 1.97. The Labute approximate surface area is 132 Å². The van der Waals surface area contributed by atoms with Gasteiger partial charge >= 0.3 is 11.9 Å². The van der Waals surface area contributed by atoms with Crippen molar-refractivity contribution in [1.29, 1.82) is 0 Å². The number of hydrogen-bond acceptors (Lipinski definition) is 7. The summed E-state index contributed by atoms with van der Waals surface area (Å²) in [5.74, 6) is -0.847. The molecule has 7 heteroatoms. The highest BCUT2D eigenvalue weighted by Crippen LogP contribution is 2.20. The molecule has 2 heterocycles. The first-order valence-corrected chi connectivity index (χ1v) is 7.71. The van der Waals surface area contributed by atoms with Gasteiger partial charge in [-0.25, -0.2) is 0 Å². The normalized spacial score (nSPS) is 24.0. The average molecular weight is 326 g/mol. The quantitative estimate of drug-likeness (QED) is 0.588. The van der Waals surface area contributed by atoms with Gasteiger partial charge in [0.1, 0.15) is 18.8 Å². The molecule has 1 aliphatic rings. The van der Waals surface area contributed by atoms with Gasteiger partial charge < -0.3 is 18.9 Å². The molecule has 22 heavy (non-hydrogen) atoms. The highest BCUT2D eigenvalue weighted by molar-refractivity contribution is 7.09. The number of ether oxygens (including phenoxy) is 4. The average Bonchev–Trinajstić information content (AvgIpc) is 2.97. The van der Waals surface area contributed by atoms with Crippen molar-refractivity contribution in [1.82, 2.24) is 0 Å². The van der Waals surface area contributed by atoms with E-state index in [-0.39, 0.29) is 6.61 Å². The van der Waals surface area contributed by atoms with E-state index in [1.807, 2.05) is 17.5 Å². The fraction of sp³-hybridized carbons (Fsp3) is 0.467. The van der Waals surface area contributed by atoms with E-state index in [9.17, 15) is 9.59 Å². The lowest BCUT2D eigenvalue weighted by Gasteiger charge is -2.31. The third kappa shape index (κ3) is 5.25. The molecule has 3 atom stereocenters. The van der Waals surface area contributed by atoms with E-state index in [1.54, 1.807) is 23.5 Å². The summed E-state index contributed by atoms with van der Waals surface area (Å²) in [4.78, 5) is 23.1. The van der Waals surface area contributed by atoms with Crippen molar-refractivity contribution in [3.8, 4) is 0 Å². The van der Waals surface area contributed by atoms with Crippen LogP contribution in [0.2, 0.25) is 0 Å². The Morgan fingerprint density at radius 3 is 2.73 bits per heavy atom. The predicted molar refractivity (Wildman–Crippen MR) is 79.1 cm³/mol. The minimum Gasteiger partial charge on any atom is -0.463 e. The molecule has 0 amide bonds. The molecule has 0 N–H and O–H groups in total. The van der Waals surface area contributed by atoms with Crippen molar-refractivity contribution in [2.24, 2.45) is 0 Å². The Morgan fingerprint density at radius 1 is 1.27 bits per heavy atom.